The molecular weight excluding hydrogens is 228 g/mol. The second-order valence-corrected chi connectivity index (χ2v) is 4.23. The molecule has 6 heteroatoms. The minimum Gasteiger partial charge on any atom is -0.422 e. The van der Waals surface area contributed by atoms with Crippen LogP contribution in [0.1, 0.15) is 25.6 Å². The molecular formula is C10H13ClN4O. The van der Waals surface area contributed by atoms with Crippen molar-refractivity contribution < 1.29 is 4.42 Å². The molecule has 0 saturated heterocycles. The van der Waals surface area contributed by atoms with Crippen LogP contribution in [0.4, 0.5) is 6.01 Å². The molecule has 0 aromatic carbocycles. The highest BCUT2D eigenvalue weighted by molar-refractivity contribution is 6.33. The summed E-state index contributed by atoms with van der Waals surface area (Å²) in [5, 5.41) is 4.96. The van der Waals surface area contributed by atoms with Crippen LogP contribution >= 0.6 is 11.6 Å². The second kappa shape index (κ2) is 3.83. The number of halogens is 1. The van der Waals surface area contributed by atoms with Crippen molar-refractivity contribution in [2.24, 2.45) is 0 Å². The van der Waals surface area contributed by atoms with Crippen molar-refractivity contribution >= 4 is 17.6 Å². The molecule has 16 heavy (non-hydrogen) atoms. The van der Waals surface area contributed by atoms with E-state index in [1.807, 2.05) is 25.5 Å². The second-order valence-electron chi connectivity index (χ2n) is 3.85. The Kier molecular flexibility index (Phi) is 2.63. The summed E-state index contributed by atoms with van der Waals surface area (Å²) in [6.45, 7) is 5.99. The number of hydrogen-bond donors (Lipinski definition) is 1. The molecule has 0 aliphatic rings. The van der Waals surface area contributed by atoms with E-state index in [9.17, 15) is 0 Å². The lowest BCUT2D eigenvalue weighted by atomic mass is 10.3. The van der Waals surface area contributed by atoms with Gasteiger partial charge in [0.25, 0.3) is 6.01 Å². The number of nitrogens with zero attached hydrogens (tertiary/aromatic N) is 3. The van der Waals surface area contributed by atoms with Crippen molar-refractivity contribution in [2.45, 2.75) is 26.8 Å². The monoisotopic (exact) mass is 240 g/mol. The first-order valence-corrected chi connectivity index (χ1v) is 5.34. The first kappa shape index (κ1) is 11.0. The molecule has 2 rings (SSSR count). The lowest BCUT2D eigenvalue weighted by Gasteiger charge is -2.06. The van der Waals surface area contributed by atoms with E-state index in [2.05, 4.69) is 10.1 Å². The summed E-state index contributed by atoms with van der Waals surface area (Å²) in [6.07, 6.45) is 1.52. The fraction of sp³-hybridized carbons (Fsp3) is 0.400. The third-order valence-electron chi connectivity index (χ3n) is 2.32. The van der Waals surface area contributed by atoms with E-state index in [4.69, 9.17) is 21.8 Å². The smallest absolute Gasteiger partial charge is 0.292 e. The number of oxazole rings is 1. The van der Waals surface area contributed by atoms with E-state index in [0.717, 1.165) is 5.69 Å². The van der Waals surface area contributed by atoms with Crippen LogP contribution in [0.5, 0.6) is 0 Å². The van der Waals surface area contributed by atoms with Gasteiger partial charge in [-0.15, -0.1) is 0 Å². The molecule has 0 fully saturated rings. The maximum atomic E-state index is 6.19. The van der Waals surface area contributed by atoms with Gasteiger partial charge in [0.2, 0.25) is 0 Å². The average Bonchev–Trinajstić information content (AvgIpc) is 2.74. The third-order valence-corrected chi connectivity index (χ3v) is 2.78. The van der Waals surface area contributed by atoms with Crippen molar-refractivity contribution in [3.05, 3.63) is 16.9 Å². The fourth-order valence-corrected chi connectivity index (χ4v) is 1.77. The Balaban J connectivity index is 2.54. The Bertz CT molecular complexity index is 515. The van der Waals surface area contributed by atoms with Crippen LogP contribution < -0.4 is 5.73 Å². The van der Waals surface area contributed by atoms with Crippen molar-refractivity contribution in [3.8, 4) is 11.5 Å². The Labute approximate surface area is 98.2 Å². The fourth-order valence-electron chi connectivity index (χ4n) is 1.56. The SMILES string of the molecule is Cc1c(Cl)c(-c2cnc(N)o2)nn1C(C)C. The first-order valence-electron chi connectivity index (χ1n) is 4.97. The van der Waals surface area contributed by atoms with Crippen LogP contribution in [0.3, 0.4) is 0 Å². The maximum absolute atomic E-state index is 6.19. The molecule has 0 spiro atoms. The lowest BCUT2D eigenvalue weighted by molar-refractivity contribution is 0.517. The topological polar surface area (TPSA) is 69.9 Å². The first-order chi connectivity index (χ1) is 7.50. The van der Waals surface area contributed by atoms with Crippen molar-refractivity contribution in [3.63, 3.8) is 0 Å². The Morgan fingerprint density at radius 2 is 2.19 bits per heavy atom. The van der Waals surface area contributed by atoms with Gasteiger partial charge >= 0.3 is 0 Å². The molecule has 0 unspecified atom stereocenters. The largest absolute Gasteiger partial charge is 0.422 e. The maximum Gasteiger partial charge on any atom is 0.292 e. The van der Waals surface area contributed by atoms with Gasteiger partial charge in [0.05, 0.1) is 16.9 Å². The summed E-state index contributed by atoms with van der Waals surface area (Å²) < 4.78 is 7.05. The zero-order valence-corrected chi connectivity index (χ0v) is 10.1. The van der Waals surface area contributed by atoms with Gasteiger partial charge in [0.1, 0.15) is 5.69 Å². The lowest BCUT2D eigenvalue weighted by Crippen LogP contribution is -2.04. The summed E-state index contributed by atoms with van der Waals surface area (Å²) in [4.78, 5) is 3.82. The predicted molar refractivity (Wildman–Crippen MR) is 62.3 cm³/mol. The number of nitrogen functional groups attached to an aromatic ring is 1. The van der Waals surface area contributed by atoms with Crippen LogP contribution in [-0.4, -0.2) is 14.8 Å². The van der Waals surface area contributed by atoms with Gasteiger partial charge in [-0.1, -0.05) is 11.6 Å². The molecule has 0 amide bonds. The Hall–Kier alpha value is -1.49. The van der Waals surface area contributed by atoms with Gasteiger partial charge in [-0.05, 0) is 20.8 Å². The molecule has 86 valence electrons. The van der Waals surface area contributed by atoms with Crippen LogP contribution in [-0.2, 0) is 0 Å². The predicted octanol–water partition coefficient (Wildman–Crippen LogP) is 2.66. The van der Waals surface area contributed by atoms with Gasteiger partial charge < -0.3 is 10.2 Å². The highest BCUT2D eigenvalue weighted by atomic mass is 35.5. The molecule has 2 aromatic heterocycles. The minimum atomic E-state index is 0.114. The number of nitrogens with two attached hydrogens (primary N) is 1. The molecule has 0 radical (unpaired) electrons. The highest BCUT2D eigenvalue weighted by Gasteiger charge is 2.18. The molecule has 2 heterocycles. The number of anilines is 1. The van der Waals surface area contributed by atoms with E-state index in [1.54, 1.807) is 0 Å². The van der Waals surface area contributed by atoms with E-state index in [0.29, 0.717) is 16.5 Å². The van der Waals surface area contributed by atoms with Crippen molar-refractivity contribution in [1.82, 2.24) is 14.8 Å². The number of rotatable bonds is 2. The summed E-state index contributed by atoms with van der Waals surface area (Å²) >= 11 is 6.19. The standard InChI is InChI=1S/C10H13ClN4O/c1-5(2)15-6(3)8(11)9(14-15)7-4-13-10(12)16-7/h4-5H,1-3H3,(H2,12,13). The van der Waals surface area contributed by atoms with E-state index < -0.39 is 0 Å². The van der Waals surface area contributed by atoms with Gasteiger partial charge in [0.15, 0.2) is 5.76 Å². The Morgan fingerprint density at radius 1 is 1.50 bits per heavy atom. The molecule has 0 atom stereocenters. The van der Waals surface area contributed by atoms with Gasteiger partial charge in [0, 0.05) is 6.04 Å². The van der Waals surface area contributed by atoms with Gasteiger partial charge in [-0.25, -0.2) is 4.98 Å². The summed E-state index contributed by atoms with van der Waals surface area (Å²) in [5.41, 5.74) is 6.90. The summed E-state index contributed by atoms with van der Waals surface area (Å²) in [5.74, 6) is 0.491. The van der Waals surface area contributed by atoms with E-state index in [1.165, 1.54) is 6.20 Å². The molecule has 2 N–H and O–H groups in total. The average molecular weight is 241 g/mol. The molecule has 0 aliphatic carbocycles. The summed E-state index contributed by atoms with van der Waals surface area (Å²) in [6, 6.07) is 0.356. The van der Waals surface area contributed by atoms with Crippen LogP contribution in [0.15, 0.2) is 10.6 Å². The van der Waals surface area contributed by atoms with Gasteiger partial charge in [-0.3, -0.25) is 4.68 Å². The zero-order valence-electron chi connectivity index (χ0n) is 9.36. The highest BCUT2D eigenvalue weighted by Crippen LogP contribution is 2.31. The molecule has 2 aromatic rings. The van der Waals surface area contributed by atoms with E-state index >= 15 is 0 Å². The normalized spacial score (nSPS) is 11.3. The van der Waals surface area contributed by atoms with Crippen LogP contribution in [0.25, 0.3) is 11.5 Å². The van der Waals surface area contributed by atoms with E-state index in [-0.39, 0.29) is 12.1 Å². The summed E-state index contributed by atoms with van der Waals surface area (Å²) in [7, 11) is 0. The Morgan fingerprint density at radius 3 is 2.62 bits per heavy atom. The molecule has 0 bridgehead atoms. The van der Waals surface area contributed by atoms with Crippen LogP contribution in [0.2, 0.25) is 5.02 Å². The van der Waals surface area contributed by atoms with Gasteiger partial charge in [-0.2, -0.15) is 5.10 Å². The number of hydrogen-bond acceptors (Lipinski definition) is 4. The third kappa shape index (κ3) is 1.67. The van der Waals surface area contributed by atoms with Crippen molar-refractivity contribution in [2.75, 3.05) is 5.73 Å². The molecule has 0 saturated carbocycles. The molecule has 5 nitrogen and oxygen atoms in total. The quantitative estimate of drug-likeness (QED) is 0.876. The zero-order chi connectivity index (χ0) is 11.9. The molecule has 0 aliphatic heterocycles. The van der Waals surface area contributed by atoms with Crippen LogP contribution in [0, 0.1) is 6.92 Å². The minimum absolute atomic E-state index is 0.114. The number of aromatic nitrogens is 3. The van der Waals surface area contributed by atoms with Crippen molar-refractivity contribution in [1.29, 1.82) is 0 Å².